The van der Waals surface area contributed by atoms with Crippen molar-refractivity contribution in [2.24, 2.45) is 7.05 Å². The van der Waals surface area contributed by atoms with Crippen LogP contribution in [0.4, 0.5) is 0 Å². The standard InChI is InChI=1S/C20H23N3/c1-14-12-15(2)20(23-10-7-6-8-16(23)3)17(4)19(14)18-13-21-9-11-22(18)5/h6-13H,1-5H3/q+2. The molecule has 0 unspecified atom stereocenters. The molecule has 0 atom stereocenters. The van der Waals surface area contributed by atoms with Gasteiger partial charge in [0, 0.05) is 30.2 Å². The average molecular weight is 305 g/mol. The third-order valence-corrected chi connectivity index (χ3v) is 4.44. The summed E-state index contributed by atoms with van der Waals surface area (Å²) in [5.74, 6) is 0. The van der Waals surface area contributed by atoms with E-state index < -0.39 is 0 Å². The molecule has 0 aliphatic rings. The number of nitrogens with zero attached hydrogens (tertiary/aromatic N) is 3. The van der Waals surface area contributed by atoms with Gasteiger partial charge in [-0.1, -0.05) is 6.07 Å². The van der Waals surface area contributed by atoms with Crippen molar-refractivity contribution in [3.8, 4) is 16.9 Å². The number of aromatic nitrogens is 3. The van der Waals surface area contributed by atoms with Gasteiger partial charge in [0.15, 0.2) is 18.1 Å². The number of pyridine rings is 1. The molecule has 0 amide bonds. The van der Waals surface area contributed by atoms with Gasteiger partial charge in [-0.05, 0) is 32.4 Å². The Balaban J connectivity index is 2.35. The van der Waals surface area contributed by atoms with Gasteiger partial charge in [-0.25, -0.2) is 0 Å². The van der Waals surface area contributed by atoms with Crippen LogP contribution in [0.1, 0.15) is 22.4 Å². The second-order valence-corrected chi connectivity index (χ2v) is 6.14. The third kappa shape index (κ3) is 2.63. The molecule has 0 radical (unpaired) electrons. The van der Waals surface area contributed by atoms with Crippen molar-refractivity contribution in [3.05, 3.63) is 71.4 Å². The zero-order valence-electron chi connectivity index (χ0n) is 14.5. The van der Waals surface area contributed by atoms with E-state index in [1.54, 1.807) is 0 Å². The Labute approximate surface area is 137 Å². The number of hydrogen-bond acceptors (Lipinski definition) is 1. The van der Waals surface area contributed by atoms with E-state index in [2.05, 4.69) is 79.3 Å². The number of hydrogen-bond donors (Lipinski definition) is 0. The molecule has 116 valence electrons. The lowest BCUT2D eigenvalue weighted by Gasteiger charge is -2.13. The zero-order valence-corrected chi connectivity index (χ0v) is 14.5. The summed E-state index contributed by atoms with van der Waals surface area (Å²) in [5, 5.41) is 0. The Bertz CT molecular complexity index is 812. The first-order chi connectivity index (χ1) is 11.0. The summed E-state index contributed by atoms with van der Waals surface area (Å²) < 4.78 is 4.40. The molecular formula is C20H23N3+2. The van der Waals surface area contributed by atoms with Gasteiger partial charge >= 0.3 is 0 Å². The first-order valence-electron chi connectivity index (χ1n) is 7.89. The average Bonchev–Trinajstić information content (AvgIpc) is 2.50. The van der Waals surface area contributed by atoms with Gasteiger partial charge < -0.3 is 0 Å². The predicted octanol–water partition coefficient (Wildman–Crippen LogP) is 3.08. The van der Waals surface area contributed by atoms with Crippen LogP contribution in [0.3, 0.4) is 0 Å². The molecule has 3 nitrogen and oxygen atoms in total. The van der Waals surface area contributed by atoms with Crippen LogP contribution in [0.2, 0.25) is 0 Å². The van der Waals surface area contributed by atoms with Gasteiger partial charge in [-0.15, -0.1) is 0 Å². The van der Waals surface area contributed by atoms with Gasteiger partial charge in [0.2, 0.25) is 11.4 Å². The first kappa shape index (κ1) is 15.3. The normalized spacial score (nSPS) is 10.8. The summed E-state index contributed by atoms with van der Waals surface area (Å²) in [6, 6.07) is 8.56. The molecule has 1 aromatic carbocycles. The Morgan fingerprint density at radius 1 is 0.957 bits per heavy atom. The number of aryl methyl sites for hydroxylation is 4. The quantitative estimate of drug-likeness (QED) is 0.666. The van der Waals surface area contributed by atoms with E-state index in [1.165, 1.54) is 33.6 Å². The molecule has 3 heteroatoms. The van der Waals surface area contributed by atoms with E-state index in [-0.39, 0.29) is 0 Å². The molecule has 0 aliphatic heterocycles. The Morgan fingerprint density at radius 3 is 2.43 bits per heavy atom. The van der Waals surface area contributed by atoms with E-state index in [0.717, 1.165) is 5.69 Å². The van der Waals surface area contributed by atoms with Gasteiger partial charge in [-0.2, -0.15) is 9.13 Å². The molecule has 0 aliphatic carbocycles. The molecule has 0 spiro atoms. The fourth-order valence-corrected chi connectivity index (χ4v) is 3.38. The highest BCUT2D eigenvalue weighted by Gasteiger charge is 2.24. The molecule has 0 saturated heterocycles. The maximum atomic E-state index is 4.32. The SMILES string of the molecule is Cc1cc(C)c(-[n+]2ccccc2C)c(C)c1-c1cncc[n+]1C. The minimum absolute atomic E-state index is 1.14. The van der Waals surface area contributed by atoms with Gasteiger partial charge in [0.05, 0.1) is 18.0 Å². The molecule has 0 saturated carbocycles. The van der Waals surface area contributed by atoms with Crippen molar-refractivity contribution < 1.29 is 9.13 Å². The Morgan fingerprint density at radius 2 is 1.74 bits per heavy atom. The highest BCUT2D eigenvalue weighted by atomic mass is 15.0. The van der Waals surface area contributed by atoms with Crippen LogP contribution in [0.15, 0.2) is 49.1 Å². The third-order valence-electron chi connectivity index (χ3n) is 4.44. The van der Waals surface area contributed by atoms with Crippen LogP contribution in [0.25, 0.3) is 16.9 Å². The number of rotatable bonds is 2. The molecule has 3 aromatic rings. The van der Waals surface area contributed by atoms with Crippen LogP contribution in [-0.4, -0.2) is 4.98 Å². The second-order valence-electron chi connectivity index (χ2n) is 6.14. The van der Waals surface area contributed by atoms with Crippen LogP contribution in [-0.2, 0) is 7.05 Å². The van der Waals surface area contributed by atoms with Gasteiger partial charge in [-0.3, -0.25) is 4.98 Å². The summed E-state index contributed by atoms with van der Waals surface area (Å²) in [7, 11) is 2.07. The molecular weight excluding hydrogens is 282 g/mol. The minimum atomic E-state index is 1.14. The lowest BCUT2D eigenvalue weighted by Crippen LogP contribution is -2.36. The van der Waals surface area contributed by atoms with Crippen molar-refractivity contribution in [2.75, 3.05) is 0 Å². The fourth-order valence-electron chi connectivity index (χ4n) is 3.38. The zero-order chi connectivity index (χ0) is 16.6. The van der Waals surface area contributed by atoms with Crippen molar-refractivity contribution in [2.45, 2.75) is 27.7 Å². The molecule has 0 bridgehead atoms. The van der Waals surface area contributed by atoms with Crippen LogP contribution >= 0.6 is 0 Å². The highest BCUT2D eigenvalue weighted by Crippen LogP contribution is 2.29. The molecule has 0 N–H and O–H groups in total. The summed E-state index contributed by atoms with van der Waals surface area (Å²) in [6.45, 7) is 8.70. The van der Waals surface area contributed by atoms with Crippen molar-refractivity contribution >= 4 is 0 Å². The Kier molecular flexibility index (Phi) is 3.95. The predicted molar refractivity (Wildman–Crippen MR) is 91.3 cm³/mol. The molecule has 2 aromatic heterocycles. The van der Waals surface area contributed by atoms with E-state index in [0.29, 0.717) is 0 Å². The maximum absolute atomic E-state index is 4.32. The molecule has 2 heterocycles. The van der Waals surface area contributed by atoms with Crippen LogP contribution in [0, 0.1) is 27.7 Å². The van der Waals surface area contributed by atoms with Crippen LogP contribution in [0.5, 0.6) is 0 Å². The summed E-state index contributed by atoms with van der Waals surface area (Å²) in [4.78, 5) is 4.32. The van der Waals surface area contributed by atoms with Crippen molar-refractivity contribution in [1.82, 2.24) is 4.98 Å². The summed E-state index contributed by atoms with van der Waals surface area (Å²) in [5.41, 5.74) is 8.73. The van der Waals surface area contributed by atoms with Gasteiger partial charge in [0.25, 0.3) is 0 Å². The van der Waals surface area contributed by atoms with Crippen molar-refractivity contribution in [3.63, 3.8) is 0 Å². The highest BCUT2D eigenvalue weighted by molar-refractivity contribution is 5.69. The first-order valence-corrected chi connectivity index (χ1v) is 7.89. The second kappa shape index (κ2) is 5.92. The van der Waals surface area contributed by atoms with Gasteiger partial charge in [0.1, 0.15) is 7.05 Å². The maximum Gasteiger partial charge on any atom is 0.231 e. The molecule has 23 heavy (non-hydrogen) atoms. The lowest BCUT2D eigenvalue weighted by molar-refractivity contribution is -0.661. The summed E-state index contributed by atoms with van der Waals surface area (Å²) in [6.07, 6.45) is 7.89. The summed E-state index contributed by atoms with van der Waals surface area (Å²) >= 11 is 0. The minimum Gasteiger partial charge on any atom is -0.252 e. The topological polar surface area (TPSA) is 20.6 Å². The largest absolute Gasteiger partial charge is 0.252 e. The van der Waals surface area contributed by atoms with E-state index in [4.69, 9.17) is 0 Å². The number of benzene rings is 1. The molecule has 0 fully saturated rings. The van der Waals surface area contributed by atoms with E-state index in [9.17, 15) is 0 Å². The smallest absolute Gasteiger partial charge is 0.231 e. The monoisotopic (exact) mass is 305 g/mol. The fraction of sp³-hybridized carbons (Fsp3) is 0.250. The van der Waals surface area contributed by atoms with Crippen molar-refractivity contribution in [1.29, 1.82) is 0 Å². The lowest BCUT2D eigenvalue weighted by atomic mass is 9.94. The van der Waals surface area contributed by atoms with E-state index in [1.807, 2.05) is 18.6 Å². The van der Waals surface area contributed by atoms with Crippen LogP contribution < -0.4 is 9.13 Å². The van der Waals surface area contributed by atoms with E-state index >= 15 is 0 Å². The Hall–Kier alpha value is -2.55. The molecule has 3 rings (SSSR count).